The summed E-state index contributed by atoms with van der Waals surface area (Å²) < 4.78 is 0. The molecule has 3 nitrogen and oxygen atoms in total. The molecule has 1 aromatic heterocycles. The first-order chi connectivity index (χ1) is 8.33. The molecule has 1 fully saturated rings. The molecule has 1 saturated carbocycles. The summed E-state index contributed by atoms with van der Waals surface area (Å²) in [6.45, 7) is 2.24. The van der Waals surface area contributed by atoms with Crippen LogP contribution in [0.1, 0.15) is 32.6 Å². The van der Waals surface area contributed by atoms with Gasteiger partial charge >= 0.3 is 0 Å². The third-order valence-electron chi connectivity index (χ3n) is 3.46. The van der Waals surface area contributed by atoms with Crippen molar-refractivity contribution in [3.63, 3.8) is 0 Å². The molecule has 3 atom stereocenters. The van der Waals surface area contributed by atoms with Gasteiger partial charge in [-0.2, -0.15) is 5.26 Å². The second kappa shape index (κ2) is 6.02. The molecule has 0 amide bonds. The van der Waals surface area contributed by atoms with Crippen LogP contribution in [0.4, 0.5) is 0 Å². The summed E-state index contributed by atoms with van der Waals surface area (Å²) in [5, 5.41) is 10.5. The number of nitriles is 1. The van der Waals surface area contributed by atoms with E-state index in [1.165, 1.54) is 12.8 Å². The summed E-state index contributed by atoms with van der Waals surface area (Å²) in [6, 6.07) is 2.45. The van der Waals surface area contributed by atoms with E-state index >= 15 is 0 Å². The average Bonchev–Trinajstić information content (AvgIpc) is 2.40. The van der Waals surface area contributed by atoms with Crippen molar-refractivity contribution in [1.29, 1.82) is 5.26 Å². The first-order valence-corrected chi connectivity index (χ1v) is 7.03. The Balaban J connectivity index is 2.03. The van der Waals surface area contributed by atoms with Gasteiger partial charge in [-0.1, -0.05) is 13.3 Å². The largest absolute Gasteiger partial charge is 0.260 e. The van der Waals surface area contributed by atoms with E-state index in [0.717, 1.165) is 23.8 Å². The summed E-state index contributed by atoms with van der Waals surface area (Å²) in [5.74, 6) is 0.943. The van der Waals surface area contributed by atoms with Crippen molar-refractivity contribution >= 4 is 11.8 Å². The van der Waals surface area contributed by atoms with Crippen LogP contribution in [0.5, 0.6) is 0 Å². The summed E-state index contributed by atoms with van der Waals surface area (Å²) >= 11 is 1.72. The van der Waals surface area contributed by atoms with Crippen molar-refractivity contribution < 1.29 is 0 Å². The molecule has 2 rings (SSSR count). The van der Waals surface area contributed by atoms with Crippen LogP contribution < -0.4 is 0 Å². The SMILES string of the molecule is CCC1CCC(C#N)C(Sc2cnccn2)C1. The Morgan fingerprint density at radius 3 is 3.00 bits per heavy atom. The Bertz CT molecular complexity index is 387. The first-order valence-electron chi connectivity index (χ1n) is 6.15. The van der Waals surface area contributed by atoms with Gasteiger partial charge in [0.05, 0.1) is 18.2 Å². The number of thioether (sulfide) groups is 1. The van der Waals surface area contributed by atoms with Gasteiger partial charge in [0.1, 0.15) is 5.03 Å². The zero-order chi connectivity index (χ0) is 12.1. The van der Waals surface area contributed by atoms with Gasteiger partial charge in [0.25, 0.3) is 0 Å². The van der Waals surface area contributed by atoms with Crippen molar-refractivity contribution in [3.8, 4) is 6.07 Å². The topological polar surface area (TPSA) is 49.6 Å². The Hall–Kier alpha value is -1.08. The van der Waals surface area contributed by atoms with E-state index in [1.807, 2.05) is 0 Å². The third-order valence-corrected chi connectivity index (χ3v) is 4.73. The van der Waals surface area contributed by atoms with E-state index in [9.17, 15) is 5.26 Å². The lowest BCUT2D eigenvalue weighted by atomic mass is 9.81. The number of nitrogens with zero attached hydrogens (tertiary/aromatic N) is 3. The molecular weight excluding hydrogens is 230 g/mol. The van der Waals surface area contributed by atoms with Crippen LogP contribution in [0.2, 0.25) is 0 Å². The monoisotopic (exact) mass is 247 g/mol. The second-order valence-electron chi connectivity index (χ2n) is 4.52. The molecule has 3 unspecified atom stereocenters. The molecule has 0 aromatic carbocycles. The van der Waals surface area contributed by atoms with Crippen LogP contribution >= 0.6 is 11.8 Å². The molecule has 0 aliphatic heterocycles. The van der Waals surface area contributed by atoms with Crippen molar-refractivity contribution in [1.82, 2.24) is 9.97 Å². The molecule has 1 aliphatic carbocycles. The number of hydrogen-bond acceptors (Lipinski definition) is 4. The fraction of sp³-hybridized carbons (Fsp3) is 0.615. The van der Waals surface area contributed by atoms with Crippen molar-refractivity contribution in [2.24, 2.45) is 11.8 Å². The minimum Gasteiger partial charge on any atom is -0.260 e. The highest BCUT2D eigenvalue weighted by atomic mass is 32.2. The van der Waals surface area contributed by atoms with Crippen molar-refractivity contribution in [2.75, 3.05) is 0 Å². The minimum absolute atomic E-state index is 0.171. The molecule has 17 heavy (non-hydrogen) atoms. The summed E-state index contributed by atoms with van der Waals surface area (Å²) in [5.41, 5.74) is 0. The number of rotatable bonds is 3. The molecule has 0 spiro atoms. The van der Waals surface area contributed by atoms with E-state index in [1.54, 1.807) is 30.4 Å². The van der Waals surface area contributed by atoms with Crippen LogP contribution in [-0.2, 0) is 0 Å². The van der Waals surface area contributed by atoms with Gasteiger partial charge in [0.2, 0.25) is 0 Å². The van der Waals surface area contributed by atoms with E-state index in [4.69, 9.17) is 0 Å². The molecular formula is C13H17N3S. The van der Waals surface area contributed by atoms with Crippen molar-refractivity contribution in [3.05, 3.63) is 18.6 Å². The van der Waals surface area contributed by atoms with E-state index < -0.39 is 0 Å². The molecule has 0 N–H and O–H groups in total. The maximum Gasteiger partial charge on any atom is 0.115 e. The lowest BCUT2D eigenvalue weighted by Gasteiger charge is -2.31. The molecule has 0 saturated heterocycles. The molecule has 90 valence electrons. The highest BCUT2D eigenvalue weighted by Gasteiger charge is 2.30. The fourth-order valence-electron chi connectivity index (χ4n) is 2.36. The molecule has 0 bridgehead atoms. The van der Waals surface area contributed by atoms with Crippen LogP contribution in [0.25, 0.3) is 0 Å². The normalized spacial score (nSPS) is 28.6. The van der Waals surface area contributed by atoms with Gasteiger partial charge in [-0.05, 0) is 25.2 Å². The Morgan fingerprint density at radius 1 is 1.47 bits per heavy atom. The lowest BCUT2D eigenvalue weighted by molar-refractivity contribution is 0.317. The lowest BCUT2D eigenvalue weighted by Crippen LogP contribution is -2.26. The molecule has 1 heterocycles. The maximum absolute atomic E-state index is 9.20. The number of hydrogen-bond donors (Lipinski definition) is 0. The molecule has 0 radical (unpaired) electrons. The maximum atomic E-state index is 9.20. The van der Waals surface area contributed by atoms with Crippen LogP contribution in [-0.4, -0.2) is 15.2 Å². The zero-order valence-electron chi connectivity index (χ0n) is 10.0. The third kappa shape index (κ3) is 3.19. The van der Waals surface area contributed by atoms with Gasteiger partial charge in [0, 0.05) is 17.6 Å². The first kappa shape index (κ1) is 12.4. The van der Waals surface area contributed by atoms with E-state index in [-0.39, 0.29) is 5.92 Å². The zero-order valence-corrected chi connectivity index (χ0v) is 10.9. The molecule has 1 aliphatic rings. The Morgan fingerprint density at radius 2 is 2.35 bits per heavy atom. The van der Waals surface area contributed by atoms with E-state index in [0.29, 0.717) is 5.25 Å². The highest BCUT2D eigenvalue weighted by Crippen LogP contribution is 2.39. The van der Waals surface area contributed by atoms with Gasteiger partial charge < -0.3 is 0 Å². The second-order valence-corrected chi connectivity index (χ2v) is 5.78. The predicted octanol–water partition coefficient (Wildman–Crippen LogP) is 3.29. The summed E-state index contributed by atoms with van der Waals surface area (Å²) in [4.78, 5) is 8.36. The number of aromatic nitrogens is 2. The smallest absolute Gasteiger partial charge is 0.115 e. The predicted molar refractivity (Wildman–Crippen MR) is 68.4 cm³/mol. The molecule has 4 heteroatoms. The average molecular weight is 247 g/mol. The summed E-state index contributed by atoms with van der Waals surface area (Å²) in [6.07, 6.45) is 9.77. The van der Waals surface area contributed by atoms with Gasteiger partial charge in [-0.15, -0.1) is 11.8 Å². The van der Waals surface area contributed by atoms with Crippen LogP contribution in [0.3, 0.4) is 0 Å². The fourth-order valence-corrected chi connectivity index (χ4v) is 3.65. The Kier molecular flexibility index (Phi) is 4.38. The Labute approximate surface area is 107 Å². The standard InChI is InChI=1S/C13H17N3S/c1-2-10-3-4-11(8-14)12(7-10)17-13-9-15-5-6-16-13/h5-6,9-12H,2-4,7H2,1H3. The highest BCUT2D eigenvalue weighted by molar-refractivity contribution is 7.99. The molecule has 1 aromatic rings. The van der Waals surface area contributed by atoms with Gasteiger partial charge in [0.15, 0.2) is 0 Å². The van der Waals surface area contributed by atoms with Gasteiger partial charge in [-0.3, -0.25) is 4.98 Å². The van der Waals surface area contributed by atoms with E-state index in [2.05, 4.69) is 23.0 Å². The van der Waals surface area contributed by atoms with Crippen LogP contribution in [0, 0.1) is 23.2 Å². The van der Waals surface area contributed by atoms with Crippen LogP contribution in [0.15, 0.2) is 23.6 Å². The minimum atomic E-state index is 0.171. The summed E-state index contributed by atoms with van der Waals surface area (Å²) in [7, 11) is 0. The quantitative estimate of drug-likeness (QED) is 0.822. The van der Waals surface area contributed by atoms with Crippen molar-refractivity contribution in [2.45, 2.75) is 42.9 Å². The van der Waals surface area contributed by atoms with Gasteiger partial charge in [-0.25, -0.2) is 4.98 Å².